The van der Waals surface area contributed by atoms with Crippen LogP contribution in [0.4, 0.5) is 23.0 Å². The van der Waals surface area contributed by atoms with Crippen LogP contribution in [0.15, 0.2) is 73.1 Å². The van der Waals surface area contributed by atoms with Crippen molar-refractivity contribution in [2.24, 2.45) is 0 Å². The van der Waals surface area contributed by atoms with Gasteiger partial charge >= 0.3 is 0 Å². The lowest BCUT2D eigenvalue weighted by Gasteiger charge is -2.26. The Bertz CT molecular complexity index is 1560. The summed E-state index contributed by atoms with van der Waals surface area (Å²) in [5.74, 6) is 1.60. The van der Waals surface area contributed by atoms with Crippen LogP contribution in [-0.4, -0.2) is 91.2 Å². The Morgan fingerprint density at radius 2 is 1.84 bits per heavy atom. The maximum absolute atomic E-state index is 13.1. The zero-order valence-corrected chi connectivity index (χ0v) is 25.6. The molecule has 1 aliphatic heterocycles. The predicted octanol–water partition coefficient (Wildman–Crippen LogP) is 5.15. The summed E-state index contributed by atoms with van der Waals surface area (Å²) >= 11 is 0. The molecule has 10 nitrogen and oxygen atoms in total. The number of fused-ring (bicyclic) bond motifs is 1. The van der Waals surface area contributed by atoms with Gasteiger partial charge in [0.15, 0.2) is 0 Å². The van der Waals surface area contributed by atoms with Gasteiger partial charge in [-0.3, -0.25) is 9.69 Å². The summed E-state index contributed by atoms with van der Waals surface area (Å²) in [6.07, 6.45) is 11.0. The molecule has 1 aliphatic rings. The smallest absolute Gasteiger partial charge is 0.248 e. The van der Waals surface area contributed by atoms with Gasteiger partial charge in [0.1, 0.15) is 11.6 Å². The van der Waals surface area contributed by atoms with Gasteiger partial charge in [-0.1, -0.05) is 30.7 Å². The number of para-hydroxylation sites is 1. The number of rotatable bonds is 12. The number of nitrogens with one attached hydrogen (secondary N) is 2. The number of likely N-dealkylation sites (tertiary alicyclic amines) is 1. The van der Waals surface area contributed by atoms with Crippen LogP contribution in [0.2, 0.25) is 0 Å². The normalized spacial score (nSPS) is 14.0. The van der Waals surface area contributed by atoms with Crippen molar-refractivity contribution in [3.8, 4) is 11.6 Å². The molecule has 0 unspecified atom stereocenters. The van der Waals surface area contributed by atoms with Gasteiger partial charge in [-0.2, -0.15) is 4.98 Å². The van der Waals surface area contributed by atoms with E-state index in [0.717, 1.165) is 55.1 Å². The summed E-state index contributed by atoms with van der Waals surface area (Å²) in [5, 5.41) is 7.57. The molecule has 0 spiro atoms. The number of methoxy groups -OCH3 is 1. The van der Waals surface area contributed by atoms with E-state index < -0.39 is 0 Å². The Morgan fingerprint density at radius 3 is 2.63 bits per heavy atom. The maximum Gasteiger partial charge on any atom is 0.248 e. The van der Waals surface area contributed by atoms with E-state index in [9.17, 15) is 4.79 Å². The topological polar surface area (TPSA) is 90.8 Å². The monoisotopic (exact) mass is 582 g/mol. The van der Waals surface area contributed by atoms with E-state index in [-0.39, 0.29) is 5.91 Å². The molecule has 2 N–H and O–H groups in total. The molecule has 1 fully saturated rings. The van der Waals surface area contributed by atoms with Crippen LogP contribution in [0.5, 0.6) is 5.75 Å². The molecule has 43 heavy (non-hydrogen) atoms. The fraction of sp³-hybridized carbons (Fsp3) is 0.364. The van der Waals surface area contributed by atoms with Crippen molar-refractivity contribution in [1.29, 1.82) is 0 Å². The molecule has 10 heteroatoms. The first-order valence-electron chi connectivity index (χ1n) is 14.9. The first kappa shape index (κ1) is 30.1. The highest BCUT2D eigenvalue weighted by atomic mass is 16.5. The number of nitrogens with zero attached hydrogens (tertiary/aromatic N) is 6. The third kappa shape index (κ3) is 7.71. The van der Waals surface area contributed by atoms with E-state index in [1.54, 1.807) is 19.4 Å². The number of hydrogen-bond donors (Lipinski definition) is 2. The quantitative estimate of drug-likeness (QED) is 0.222. The van der Waals surface area contributed by atoms with Gasteiger partial charge in [-0.25, -0.2) is 4.98 Å². The second-order valence-electron chi connectivity index (χ2n) is 11.2. The zero-order chi connectivity index (χ0) is 30.2. The molecule has 1 amide bonds. The summed E-state index contributed by atoms with van der Waals surface area (Å²) in [6.45, 7) is 4.58. The van der Waals surface area contributed by atoms with Crippen molar-refractivity contribution in [3.05, 3.63) is 73.1 Å². The second-order valence-corrected chi connectivity index (χ2v) is 11.2. The zero-order valence-electron chi connectivity index (χ0n) is 25.6. The number of hydrogen-bond acceptors (Lipinski definition) is 8. The Morgan fingerprint density at radius 1 is 1.02 bits per heavy atom. The van der Waals surface area contributed by atoms with Crippen LogP contribution in [0.3, 0.4) is 0 Å². The van der Waals surface area contributed by atoms with E-state index >= 15 is 0 Å². The Hall–Kier alpha value is -4.41. The number of carbonyl (C=O) groups is 1. The number of anilines is 4. The molecule has 0 atom stereocenters. The molecule has 226 valence electrons. The van der Waals surface area contributed by atoms with Crippen molar-refractivity contribution in [2.75, 3.05) is 76.5 Å². The fourth-order valence-electron chi connectivity index (χ4n) is 5.29. The summed E-state index contributed by atoms with van der Waals surface area (Å²) in [6, 6.07) is 15.9. The van der Waals surface area contributed by atoms with E-state index in [1.807, 2.05) is 68.3 Å². The number of aromatic nitrogens is 3. The van der Waals surface area contributed by atoms with Crippen LogP contribution in [0, 0.1) is 0 Å². The minimum Gasteiger partial charge on any atom is -0.494 e. The highest BCUT2D eigenvalue weighted by Crippen LogP contribution is 2.38. The first-order valence-corrected chi connectivity index (χ1v) is 14.9. The molecular weight excluding hydrogens is 540 g/mol. The van der Waals surface area contributed by atoms with Gasteiger partial charge in [0.2, 0.25) is 11.9 Å². The van der Waals surface area contributed by atoms with E-state index in [4.69, 9.17) is 9.72 Å². The highest BCUT2D eigenvalue weighted by Gasteiger charge is 2.17. The van der Waals surface area contributed by atoms with Crippen molar-refractivity contribution in [3.63, 3.8) is 0 Å². The summed E-state index contributed by atoms with van der Waals surface area (Å²) in [4.78, 5) is 29.0. The van der Waals surface area contributed by atoms with Gasteiger partial charge in [0, 0.05) is 51.2 Å². The van der Waals surface area contributed by atoms with Gasteiger partial charge in [-0.15, -0.1) is 0 Å². The SMILES string of the molecule is COc1cc(N(C)CCN(C)C)c(NC(=O)C=CCN2CCCCC2)cc1Nc1nccc(-n2ccc3ccccc32)n1. The largest absolute Gasteiger partial charge is 0.494 e. The summed E-state index contributed by atoms with van der Waals surface area (Å²) in [5.41, 5.74) is 3.24. The van der Waals surface area contributed by atoms with E-state index in [0.29, 0.717) is 23.1 Å². The first-order chi connectivity index (χ1) is 20.9. The third-order valence-corrected chi connectivity index (χ3v) is 7.68. The lowest BCUT2D eigenvalue weighted by molar-refractivity contribution is -0.111. The van der Waals surface area contributed by atoms with Gasteiger partial charge < -0.3 is 29.7 Å². The minimum atomic E-state index is -0.173. The van der Waals surface area contributed by atoms with Gasteiger partial charge in [0.05, 0.1) is 29.7 Å². The van der Waals surface area contributed by atoms with Gasteiger partial charge in [-0.05, 0) is 69.7 Å². The van der Waals surface area contributed by atoms with Crippen LogP contribution >= 0.6 is 0 Å². The highest BCUT2D eigenvalue weighted by molar-refractivity contribution is 6.02. The van der Waals surface area contributed by atoms with Crippen LogP contribution in [-0.2, 0) is 4.79 Å². The Labute approximate surface area is 254 Å². The molecule has 2 aromatic heterocycles. The number of carbonyl (C=O) groups excluding carboxylic acids is 1. The fourth-order valence-corrected chi connectivity index (χ4v) is 5.29. The number of ether oxygens (including phenoxy) is 1. The molecule has 2 aromatic carbocycles. The van der Waals surface area contributed by atoms with Crippen LogP contribution in [0.25, 0.3) is 16.7 Å². The van der Waals surface area contributed by atoms with Gasteiger partial charge in [0.25, 0.3) is 0 Å². The van der Waals surface area contributed by atoms with E-state index in [1.165, 1.54) is 19.3 Å². The number of likely N-dealkylation sites (N-methyl/N-ethyl adjacent to an activating group) is 2. The molecule has 3 heterocycles. The molecule has 0 aliphatic carbocycles. The second kappa shape index (κ2) is 14.2. The number of benzene rings is 2. The minimum absolute atomic E-state index is 0.173. The summed E-state index contributed by atoms with van der Waals surface area (Å²) in [7, 11) is 7.74. The lowest BCUT2D eigenvalue weighted by atomic mass is 10.1. The van der Waals surface area contributed by atoms with Crippen molar-refractivity contribution < 1.29 is 9.53 Å². The van der Waals surface area contributed by atoms with E-state index in [2.05, 4.69) is 48.5 Å². The molecule has 1 saturated heterocycles. The van der Waals surface area contributed by atoms with Crippen molar-refractivity contribution in [2.45, 2.75) is 19.3 Å². The van der Waals surface area contributed by atoms with Crippen LogP contribution in [0.1, 0.15) is 19.3 Å². The Kier molecular flexibility index (Phi) is 9.91. The standard InChI is InChI=1S/C33H42N8O2/c1-38(2)21-22-39(3)29-24-30(43-4)27(23-26(29)35-32(42)13-10-19-40-17-8-5-9-18-40)36-33-34-16-14-31(37-33)41-20-15-25-11-6-7-12-28(25)41/h6-7,10-16,20,23-24H,5,8-9,17-19,21-22H2,1-4H3,(H,35,42)(H,34,36,37). The number of amides is 1. The average Bonchev–Trinajstić information content (AvgIpc) is 3.45. The molecule has 4 aromatic rings. The molecule has 0 bridgehead atoms. The third-order valence-electron chi connectivity index (χ3n) is 7.68. The van der Waals surface area contributed by atoms with Crippen molar-refractivity contribution in [1.82, 2.24) is 24.3 Å². The molecular formula is C33H42N8O2. The summed E-state index contributed by atoms with van der Waals surface area (Å²) < 4.78 is 7.83. The average molecular weight is 583 g/mol. The number of piperidine rings is 1. The van der Waals surface area contributed by atoms with Crippen molar-refractivity contribution >= 4 is 39.8 Å². The molecule has 0 radical (unpaired) electrons. The Balaban J connectivity index is 1.41. The maximum atomic E-state index is 13.1. The molecule has 0 saturated carbocycles. The lowest BCUT2D eigenvalue weighted by Crippen LogP contribution is -2.30. The molecule has 5 rings (SSSR count). The predicted molar refractivity (Wildman–Crippen MR) is 175 cm³/mol. The van der Waals surface area contributed by atoms with Crippen LogP contribution < -0.4 is 20.3 Å².